The second-order valence-electron chi connectivity index (χ2n) is 9.31. The summed E-state index contributed by atoms with van der Waals surface area (Å²) in [5, 5.41) is 3.39. The number of nitrogens with one attached hydrogen (secondary N) is 1. The molecule has 1 N–H and O–H groups in total. The normalized spacial score (nSPS) is 12.0. The quantitative estimate of drug-likeness (QED) is 0.377. The summed E-state index contributed by atoms with van der Waals surface area (Å²) in [4.78, 5) is 28.8. The van der Waals surface area contributed by atoms with Crippen molar-refractivity contribution in [2.45, 2.75) is 39.8 Å². The molecule has 0 bridgehead atoms. The lowest BCUT2D eigenvalue weighted by Gasteiger charge is -2.33. The summed E-state index contributed by atoms with van der Waals surface area (Å²) in [6.07, 6.45) is 1.35. The van der Waals surface area contributed by atoms with Crippen LogP contribution in [0.4, 0.5) is 5.69 Å². The second-order valence-corrected chi connectivity index (χ2v) is 11.7. The first kappa shape index (κ1) is 29.2. The predicted octanol–water partition coefficient (Wildman–Crippen LogP) is 4.50. The monoisotopic (exact) mass is 555 g/mol. The van der Waals surface area contributed by atoms with Crippen molar-refractivity contribution in [3.63, 3.8) is 0 Å². The standard InChI is InChI=1S/C29H34ClN3O4S/c1-5-31-29(35)27(18-23-9-7-6-8-10-23)32(19-24-12-14-25(30)15-13-24)28(34)20-33(38(4,36)37)26-16-11-21(2)17-22(26)3/h6-17,27H,5,18-20H2,1-4H3,(H,31,35)/t27-/m1/s1. The molecule has 202 valence electrons. The molecule has 0 aliphatic rings. The van der Waals surface area contributed by atoms with Gasteiger partial charge in [0.2, 0.25) is 21.8 Å². The highest BCUT2D eigenvalue weighted by atomic mass is 35.5. The highest BCUT2D eigenvalue weighted by molar-refractivity contribution is 7.92. The SMILES string of the molecule is CCNC(=O)[C@@H](Cc1ccccc1)N(Cc1ccc(Cl)cc1)C(=O)CN(c1ccc(C)cc1C)S(C)(=O)=O. The number of benzene rings is 3. The van der Waals surface area contributed by atoms with Gasteiger partial charge in [-0.05, 0) is 55.7 Å². The van der Waals surface area contributed by atoms with Crippen molar-refractivity contribution < 1.29 is 18.0 Å². The number of sulfonamides is 1. The maximum atomic E-state index is 14.0. The number of anilines is 1. The van der Waals surface area contributed by atoms with Crippen LogP contribution in [0, 0.1) is 13.8 Å². The zero-order valence-electron chi connectivity index (χ0n) is 22.1. The summed E-state index contributed by atoms with van der Waals surface area (Å²) < 4.78 is 26.9. The smallest absolute Gasteiger partial charge is 0.244 e. The summed E-state index contributed by atoms with van der Waals surface area (Å²) in [6, 6.07) is 21.0. The van der Waals surface area contributed by atoms with Gasteiger partial charge in [-0.15, -0.1) is 0 Å². The molecule has 0 saturated carbocycles. The van der Waals surface area contributed by atoms with Gasteiger partial charge in [0.05, 0.1) is 11.9 Å². The molecular weight excluding hydrogens is 522 g/mol. The number of carbonyl (C=O) groups excluding carboxylic acids is 2. The van der Waals surface area contributed by atoms with E-state index in [1.807, 2.05) is 63.2 Å². The molecule has 0 unspecified atom stereocenters. The molecule has 2 amide bonds. The molecule has 3 aromatic carbocycles. The van der Waals surface area contributed by atoms with E-state index in [1.54, 1.807) is 30.3 Å². The molecule has 3 aromatic rings. The Bertz CT molecular complexity index is 1360. The van der Waals surface area contributed by atoms with Gasteiger partial charge >= 0.3 is 0 Å². The molecule has 0 aromatic heterocycles. The third kappa shape index (κ3) is 7.82. The van der Waals surface area contributed by atoms with Gasteiger partial charge in [-0.25, -0.2) is 8.42 Å². The predicted molar refractivity (Wildman–Crippen MR) is 153 cm³/mol. The lowest BCUT2D eigenvalue weighted by atomic mass is 10.0. The third-order valence-electron chi connectivity index (χ3n) is 6.19. The van der Waals surface area contributed by atoms with Gasteiger partial charge in [-0.3, -0.25) is 13.9 Å². The Kier molecular flexibility index (Phi) is 9.94. The Hall–Kier alpha value is -3.36. The maximum absolute atomic E-state index is 14.0. The zero-order valence-corrected chi connectivity index (χ0v) is 23.7. The van der Waals surface area contributed by atoms with Crippen LogP contribution in [-0.4, -0.2) is 50.5 Å². The van der Waals surface area contributed by atoms with E-state index in [4.69, 9.17) is 11.6 Å². The highest BCUT2D eigenvalue weighted by Crippen LogP contribution is 2.25. The number of likely N-dealkylation sites (N-methyl/N-ethyl adjacent to an activating group) is 1. The number of nitrogens with zero attached hydrogens (tertiary/aromatic N) is 2. The topological polar surface area (TPSA) is 86.8 Å². The van der Waals surface area contributed by atoms with E-state index in [0.717, 1.165) is 32.8 Å². The lowest BCUT2D eigenvalue weighted by Crippen LogP contribution is -2.53. The molecule has 9 heteroatoms. The van der Waals surface area contributed by atoms with Gasteiger partial charge < -0.3 is 10.2 Å². The Balaban J connectivity index is 2.05. The Morgan fingerprint density at radius 3 is 2.18 bits per heavy atom. The summed E-state index contributed by atoms with van der Waals surface area (Å²) >= 11 is 6.07. The molecule has 0 heterocycles. The number of halogens is 1. The molecule has 3 rings (SSSR count). The Labute approximate surface area is 230 Å². The molecule has 0 aliphatic carbocycles. The van der Waals surface area contributed by atoms with Crippen LogP contribution in [0.5, 0.6) is 0 Å². The van der Waals surface area contributed by atoms with E-state index >= 15 is 0 Å². The van der Waals surface area contributed by atoms with Crippen LogP contribution in [0.1, 0.15) is 29.2 Å². The average molecular weight is 556 g/mol. The first-order valence-electron chi connectivity index (χ1n) is 12.4. The average Bonchev–Trinajstić information content (AvgIpc) is 2.86. The van der Waals surface area contributed by atoms with Crippen LogP contribution in [0.15, 0.2) is 72.8 Å². The molecule has 0 spiro atoms. The van der Waals surface area contributed by atoms with Crippen molar-refractivity contribution in [3.8, 4) is 0 Å². The largest absolute Gasteiger partial charge is 0.355 e. The van der Waals surface area contributed by atoms with E-state index in [9.17, 15) is 18.0 Å². The van der Waals surface area contributed by atoms with E-state index < -0.39 is 28.5 Å². The minimum atomic E-state index is -3.81. The molecule has 38 heavy (non-hydrogen) atoms. The van der Waals surface area contributed by atoms with Crippen LogP contribution < -0.4 is 9.62 Å². The number of hydrogen-bond donors (Lipinski definition) is 1. The highest BCUT2D eigenvalue weighted by Gasteiger charge is 2.33. The minimum absolute atomic E-state index is 0.106. The van der Waals surface area contributed by atoms with Crippen molar-refractivity contribution in [2.75, 3.05) is 23.7 Å². The Morgan fingerprint density at radius 2 is 1.61 bits per heavy atom. The molecule has 0 saturated heterocycles. The number of hydrogen-bond acceptors (Lipinski definition) is 4. The minimum Gasteiger partial charge on any atom is -0.355 e. The van der Waals surface area contributed by atoms with Gasteiger partial charge in [0.25, 0.3) is 0 Å². The number of aryl methyl sites for hydroxylation is 2. The Morgan fingerprint density at radius 1 is 0.947 bits per heavy atom. The third-order valence-corrected chi connectivity index (χ3v) is 7.57. The van der Waals surface area contributed by atoms with Gasteiger partial charge in [-0.2, -0.15) is 0 Å². The fraction of sp³-hybridized carbons (Fsp3) is 0.310. The van der Waals surface area contributed by atoms with Crippen molar-refractivity contribution >= 4 is 39.1 Å². The molecule has 1 atom stereocenters. The molecule has 0 radical (unpaired) electrons. The lowest BCUT2D eigenvalue weighted by molar-refractivity contribution is -0.140. The number of amides is 2. The fourth-order valence-corrected chi connectivity index (χ4v) is 5.35. The number of carbonyl (C=O) groups is 2. The van der Waals surface area contributed by atoms with Crippen LogP contribution in [0.2, 0.25) is 5.02 Å². The summed E-state index contributed by atoms with van der Waals surface area (Å²) in [6.45, 7) is 5.60. The van der Waals surface area contributed by atoms with Gasteiger partial charge in [0, 0.05) is 24.5 Å². The van der Waals surface area contributed by atoms with E-state index in [0.29, 0.717) is 17.3 Å². The van der Waals surface area contributed by atoms with Crippen LogP contribution in [0.3, 0.4) is 0 Å². The van der Waals surface area contributed by atoms with Crippen LogP contribution >= 0.6 is 11.6 Å². The van der Waals surface area contributed by atoms with Crippen molar-refractivity contribution in [2.24, 2.45) is 0 Å². The summed E-state index contributed by atoms with van der Waals surface area (Å²) in [5.41, 5.74) is 3.79. The van der Waals surface area contributed by atoms with Crippen molar-refractivity contribution in [1.29, 1.82) is 0 Å². The zero-order chi connectivity index (χ0) is 27.9. The van der Waals surface area contributed by atoms with Crippen LogP contribution in [0.25, 0.3) is 0 Å². The second kappa shape index (κ2) is 12.9. The van der Waals surface area contributed by atoms with Crippen molar-refractivity contribution in [3.05, 3.63) is 100 Å². The fourth-order valence-electron chi connectivity index (χ4n) is 4.31. The number of rotatable bonds is 11. The van der Waals surface area contributed by atoms with Gasteiger partial charge in [0.1, 0.15) is 12.6 Å². The molecule has 0 fully saturated rings. The molecular formula is C29H34ClN3O4S. The summed E-state index contributed by atoms with van der Waals surface area (Å²) in [7, 11) is -3.81. The first-order valence-corrected chi connectivity index (χ1v) is 14.6. The van der Waals surface area contributed by atoms with E-state index in [2.05, 4.69) is 5.32 Å². The van der Waals surface area contributed by atoms with E-state index in [-0.39, 0.29) is 18.9 Å². The molecule has 7 nitrogen and oxygen atoms in total. The van der Waals surface area contributed by atoms with Gasteiger partial charge in [0.15, 0.2) is 0 Å². The van der Waals surface area contributed by atoms with Crippen LogP contribution in [-0.2, 0) is 32.6 Å². The summed E-state index contributed by atoms with van der Waals surface area (Å²) in [5.74, 6) is -0.798. The maximum Gasteiger partial charge on any atom is 0.244 e. The molecule has 0 aliphatic heterocycles. The first-order chi connectivity index (χ1) is 18.0. The van der Waals surface area contributed by atoms with E-state index in [1.165, 1.54) is 4.90 Å². The van der Waals surface area contributed by atoms with Gasteiger partial charge in [-0.1, -0.05) is 71.8 Å². The van der Waals surface area contributed by atoms with Crippen molar-refractivity contribution in [1.82, 2.24) is 10.2 Å².